The molecule has 0 unspecified atom stereocenters. The van der Waals surface area contributed by atoms with Crippen molar-refractivity contribution in [3.63, 3.8) is 0 Å². The van der Waals surface area contributed by atoms with Crippen molar-refractivity contribution in [1.29, 1.82) is 0 Å². The van der Waals surface area contributed by atoms with E-state index in [1.165, 1.54) is 18.2 Å². The van der Waals surface area contributed by atoms with Crippen LogP contribution in [0.3, 0.4) is 0 Å². The van der Waals surface area contributed by atoms with Gasteiger partial charge in [0.25, 0.3) is 5.56 Å². The van der Waals surface area contributed by atoms with E-state index in [1.807, 2.05) is 6.92 Å². The highest BCUT2D eigenvalue weighted by Gasteiger charge is 2.04. The molecule has 5 heteroatoms. The minimum atomic E-state index is -0.431. The van der Waals surface area contributed by atoms with Crippen molar-refractivity contribution in [3.8, 4) is 0 Å². The van der Waals surface area contributed by atoms with Crippen LogP contribution in [-0.2, 0) is 6.54 Å². The highest BCUT2D eigenvalue weighted by atomic mass is 19.1. The first kappa shape index (κ1) is 10.8. The zero-order valence-electron chi connectivity index (χ0n) is 8.88. The lowest BCUT2D eigenvalue weighted by Gasteiger charge is -2.03. The van der Waals surface area contributed by atoms with Gasteiger partial charge in [-0.25, -0.2) is 9.37 Å². The number of halogens is 1. The van der Waals surface area contributed by atoms with Gasteiger partial charge < -0.3 is 10.3 Å². The maximum atomic E-state index is 12.9. The second-order valence-corrected chi connectivity index (χ2v) is 3.45. The van der Waals surface area contributed by atoms with Gasteiger partial charge in [0, 0.05) is 0 Å². The summed E-state index contributed by atoms with van der Waals surface area (Å²) in [5.74, 6) is 0.130. The van der Waals surface area contributed by atoms with Gasteiger partial charge in [0.1, 0.15) is 11.6 Å². The van der Waals surface area contributed by atoms with Crippen molar-refractivity contribution >= 4 is 10.9 Å². The molecule has 16 heavy (non-hydrogen) atoms. The summed E-state index contributed by atoms with van der Waals surface area (Å²) in [5.41, 5.74) is 0.204. The second-order valence-electron chi connectivity index (χ2n) is 3.45. The van der Waals surface area contributed by atoms with Gasteiger partial charge in [0.2, 0.25) is 0 Å². The lowest BCUT2D eigenvalue weighted by Crippen LogP contribution is -2.19. The Bertz CT molecular complexity index is 565. The molecule has 1 aromatic heterocycles. The Morgan fingerprint density at radius 2 is 2.31 bits per heavy atom. The first-order valence-corrected chi connectivity index (χ1v) is 5.10. The van der Waals surface area contributed by atoms with E-state index in [2.05, 4.69) is 15.3 Å². The Morgan fingerprint density at radius 3 is 3.06 bits per heavy atom. The Hall–Kier alpha value is -1.75. The minimum Gasteiger partial charge on any atom is -0.310 e. The second kappa shape index (κ2) is 4.40. The summed E-state index contributed by atoms with van der Waals surface area (Å²) < 4.78 is 12.9. The molecule has 0 aliphatic heterocycles. The lowest BCUT2D eigenvalue weighted by atomic mass is 10.2. The van der Waals surface area contributed by atoms with E-state index in [9.17, 15) is 9.18 Å². The van der Waals surface area contributed by atoms with Gasteiger partial charge in [0.15, 0.2) is 0 Å². The molecule has 1 aromatic carbocycles. The quantitative estimate of drug-likeness (QED) is 0.818. The van der Waals surface area contributed by atoms with Gasteiger partial charge in [-0.05, 0) is 24.7 Å². The van der Waals surface area contributed by atoms with E-state index in [-0.39, 0.29) is 10.9 Å². The molecule has 0 saturated heterocycles. The standard InChI is InChI=1S/C11H12FN3O/c1-2-13-6-10-14-9-4-3-7(12)5-8(9)11(16)15-10/h3-5,13H,2,6H2,1H3,(H,14,15,16). The van der Waals surface area contributed by atoms with E-state index >= 15 is 0 Å². The zero-order chi connectivity index (χ0) is 11.5. The third-order valence-electron chi connectivity index (χ3n) is 2.26. The van der Waals surface area contributed by atoms with E-state index < -0.39 is 5.82 Å². The number of aromatic nitrogens is 2. The molecule has 0 atom stereocenters. The SMILES string of the molecule is CCNCc1nc2ccc(F)cc2c(=O)[nH]1. The molecule has 0 radical (unpaired) electrons. The van der Waals surface area contributed by atoms with Crippen LogP contribution in [0.2, 0.25) is 0 Å². The molecule has 0 aliphatic carbocycles. The molecule has 0 saturated carbocycles. The normalized spacial score (nSPS) is 10.9. The molecule has 4 nitrogen and oxygen atoms in total. The first-order chi connectivity index (χ1) is 7.70. The van der Waals surface area contributed by atoms with Crippen LogP contribution in [0, 0.1) is 5.82 Å². The van der Waals surface area contributed by atoms with Gasteiger partial charge in [-0.3, -0.25) is 4.79 Å². The van der Waals surface area contributed by atoms with Crippen LogP contribution in [0.25, 0.3) is 10.9 Å². The Balaban J connectivity index is 2.51. The van der Waals surface area contributed by atoms with E-state index in [0.717, 1.165) is 6.54 Å². The van der Waals surface area contributed by atoms with Crippen LogP contribution in [0.1, 0.15) is 12.7 Å². The fraction of sp³-hybridized carbons (Fsp3) is 0.273. The Kier molecular flexibility index (Phi) is 2.96. The summed E-state index contributed by atoms with van der Waals surface area (Å²) in [7, 11) is 0. The van der Waals surface area contributed by atoms with Gasteiger partial charge in [-0.1, -0.05) is 6.92 Å². The van der Waals surface area contributed by atoms with Crippen LogP contribution >= 0.6 is 0 Å². The minimum absolute atomic E-state index is 0.278. The van der Waals surface area contributed by atoms with Crippen LogP contribution in [-0.4, -0.2) is 16.5 Å². The average Bonchev–Trinajstić information content (AvgIpc) is 2.27. The fourth-order valence-electron chi connectivity index (χ4n) is 1.49. The number of nitrogens with one attached hydrogen (secondary N) is 2. The maximum Gasteiger partial charge on any atom is 0.258 e. The number of rotatable bonds is 3. The van der Waals surface area contributed by atoms with Crippen LogP contribution < -0.4 is 10.9 Å². The van der Waals surface area contributed by atoms with Crippen molar-refractivity contribution in [2.75, 3.05) is 6.54 Å². The topological polar surface area (TPSA) is 57.8 Å². The Morgan fingerprint density at radius 1 is 1.50 bits per heavy atom. The number of fused-ring (bicyclic) bond motifs is 1. The van der Waals surface area contributed by atoms with Gasteiger partial charge in [0.05, 0.1) is 17.4 Å². The number of aromatic amines is 1. The molecule has 84 valence electrons. The largest absolute Gasteiger partial charge is 0.310 e. The fourth-order valence-corrected chi connectivity index (χ4v) is 1.49. The molecule has 2 rings (SSSR count). The predicted molar refractivity (Wildman–Crippen MR) is 59.7 cm³/mol. The summed E-state index contributed by atoms with van der Waals surface area (Å²) in [6.07, 6.45) is 0. The summed E-state index contributed by atoms with van der Waals surface area (Å²) in [5, 5.41) is 3.34. The van der Waals surface area contributed by atoms with Crippen molar-refractivity contribution < 1.29 is 4.39 Å². The lowest BCUT2D eigenvalue weighted by molar-refractivity contribution is 0.629. The number of H-pyrrole nitrogens is 1. The number of nitrogens with zero attached hydrogens (tertiary/aromatic N) is 1. The smallest absolute Gasteiger partial charge is 0.258 e. The molecule has 1 heterocycles. The number of hydrogen-bond acceptors (Lipinski definition) is 3. The van der Waals surface area contributed by atoms with Gasteiger partial charge in [-0.15, -0.1) is 0 Å². The van der Waals surface area contributed by atoms with E-state index in [1.54, 1.807) is 0 Å². The highest BCUT2D eigenvalue weighted by molar-refractivity contribution is 5.77. The van der Waals surface area contributed by atoms with Crippen molar-refractivity contribution in [2.24, 2.45) is 0 Å². The molecule has 2 N–H and O–H groups in total. The average molecular weight is 221 g/mol. The summed E-state index contributed by atoms with van der Waals surface area (Å²) in [6, 6.07) is 4.00. The summed E-state index contributed by atoms with van der Waals surface area (Å²) in [6.45, 7) is 3.26. The van der Waals surface area contributed by atoms with Crippen molar-refractivity contribution in [3.05, 3.63) is 40.2 Å². The van der Waals surface area contributed by atoms with Gasteiger partial charge in [-0.2, -0.15) is 0 Å². The molecular formula is C11H12FN3O. The van der Waals surface area contributed by atoms with Crippen molar-refractivity contribution in [1.82, 2.24) is 15.3 Å². The number of benzene rings is 1. The van der Waals surface area contributed by atoms with Crippen LogP contribution in [0.15, 0.2) is 23.0 Å². The van der Waals surface area contributed by atoms with Gasteiger partial charge >= 0.3 is 0 Å². The van der Waals surface area contributed by atoms with Crippen LogP contribution in [0.4, 0.5) is 4.39 Å². The predicted octanol–water partition coefficient (Wildman–Crippen LogP) is 1.17. The third kappa shape index (κ3) is 2.09. The zero-order valence-corrected chi connectivity index (χ0v) is 8.88. The van der Waals surface area contributed by atoms with Crippen LogP contribution in [0.5, 0.6) is 0 Å². The molecule has 0 bridgehead atoms. The molecule has 0 aliphatic rings. The monoisotopic (exact) mass is 221 g/mol. The highest BCUT2D eigenvalue weighted by Crippen LogP contribution is 2.08. The van der Waals surface area contributed by atoms with Crippen molar-refractivity contribution in [2.45, 2.75) is 13.5 Å². The Labute approximate surface area is 91.5 Å². The summed E-state index contributed by atoms with van der Waals surface area (Å²) >= 11 is 0. The third-order valence-corrected chi connectivity index (χ3v) is 2.26. The molecule has 0 spiro atoms. The maximum absolute atomic E-state index is 12.9. The van der Waals surface area contributed by atoms with E-state index in [0.29, 0.717) is 17.9 Å². The number of hydrogen-bond donors (Lipinski definition) is 2. The molecule has 0 amide bonds. The summed E-state index contributed by atoms with van der Waals surface area (Å²) in [4.78, 5) is 18.5. The molecular weight excluding hydrogens is 209 g/mol. The van der Waals surface area contributed by atoms with E-state index in [4.69, 9.17) is 0 Å². The first-order valence-electron chi connectivity index (χ1n) is 5.10. The molecule has 0 fully saturated rings. The molecule has 2 aromatic rings.